The van der Waals surface area contributed by atoms with Crippen molar-refractivity contribution in [2.75, 3.05) is 18.0 Å². The van der Waals surface area contributed by atoms with Gasteiger partial charge in [0.05, 0.1) is 21.9 Å². The highest BCUT2D eigenvalue weighted by atomic mass is 31.2. The Bertz CT molecular complexity index is 1620. The number of hydrogen-bond donors (Lipinski definition) is 3. The van der Waals surface area contributed by atoms with E-state index in [1.54, 1.807) is 18.2 Å². The van der Waals surface area contributed by atoms with Crippen LogP contribution in [0, 0.1) is 0 Å². The summed E-state index contributed by atoms with van der Waals surface area (Å²) in [4.78, 5) is 34.9. The molecule has 39 heavy (non-hydrogen) atoms. The van der Waals surface area contributed by atoms with Crippen molar-refractivity contribution < 1.29 is 28.8 Å². The van der Waals surface area contributed by atoms with E-state index in [0.717, 1.165) is 40.2 Å². The number of aliphatic hydroxyl groups excluding tert-OH is 1. The number of hydrogen-bond acceptors (Lipinski definition) is 4. The molecule has 1 aliphatic carbocycles. The number of ketones is 1. The van der Waals surface area contributed by atoms with Gasteiger partial charge in [-0.15, -0.1) is 9.24 Å². The van der Waals surface area contributed by atoms with Crippen LogP contribution < -0.4 is 15.5 Å². The molecule has 0 bridgehead atoms. The predicted octanol–water partition coefficient (Wildman–Crippen LogP) is 4.41. The fraction of sp³-hybridized carbons (Fsp3) is 0.333. The minimum Gasteiger partial charge on any atom is -0.506 e. The Morgan fingerprint density at radius 1 is 1.00 bits per heavy atom. The van der Waals surface area contributed by atoms with E-state index in [0.29, 0.717) is 12.1 Å². The Morgan fingerprint density at radius 2 is 1.69 bits per heavy atom. The van der Waals surface area contributed by atoms with Crippen LogP contribution in [0.15, 0.2) is 71.2 Å². The van der Waals surface area contributed by atoms with E-state index in [4.69, 9.17) is 0 Å². The highest BCUT2D eigenvalue weighted by molar-refractivity contribution is 7.60. The van der Waals surface area contributed by atoms with Gasteiger partial charge in [0.1, 0.15) is 12.3 Å². The maximum absolute atomic E-state index is 13.5. The molecule has 0 spiro atoms. The molecule has 0 fully saturated rings. The van der Waals surface area contributed by atoms with Gasteiger partial charge in [-0.05, 0) is 75.0 Å². The number of aliphatic hydroxyl groups is 1. The fourth-order valence-electron chi connectivity index (χ4n) is 6.12. The number of rotatable bonds is 5. The van der Waals surface area contributed by atoms with Gasteiger partial charge < -0.3 is 19.8 Å². The number of fused-ring (bicyclic) bond motifs is 2. The molecular weight excluding hydrogens is 530 g/mol. The standard InChI is InChI=1S/C30H34N2O5P2/c1-7-31-23-11-9-17(38)13-21(23)29(3,4)25(31)15-19-27(33)20(28(19)34)16-26-30(5,6)22-14-18(39(35,36)37)10-12-24(22)32(26)8-2/h9-16H,7-8,38H2,1-6H3,(H2-,33,34,35,36,37)/p+1. The Morgan fingerprint density at radius 3 is 2.28 bits per heavy atom. The molecule has 204 valence electrons. The lowest BCUT2D eigenvalue weighted by Gasteiger charge is -2.28. The van der Waals surface area contributed by atoms with Gasteiger partial charge in [0.15, 0.2) is 5.71 Å². The summed E-state index contributed by atoms with van der Waals surface area (Å²) in [6, 6.07) is 11.0. The summed E-state index contributed by atoms with van der Waals surface area (Å²) in [5, 5.41) is 12.2. The summed E-state index contributed by atoms with van der Waals surface area (Å²) >= 11 is 0. The van der Waals surface area contributed by atoms with Crippen molar-refractivity contribution in [1.82, 2.24) is 0 Å². The van der Waals surface area contributed by atoms with E-state index in [9.17, 15) is 24.3 Å². The molecule has 0 saturated heterocycles. The van der Waals surface area contributed by atoms with Gasteiger partial charge in [0.25, 0.3) is 0 Å². The van der Waals surface area contributed by atoms with Gasteiger partial charge >= 0.3 is 7.60 Å². The molecular formula is C30H35N2O5P2+. The van der Waals surface area contributed by atoms with Crippen LogP contribution in [0.25, 0.3) is 0 Å². The molecule has 3 N–H and O–H groups in total. The summed E-state index contributed by atoms with van der Waals surface area (Å²) < 4.78 is 14.1. The third-order valence-corrected chi connectivity index (χ3v) is 9.63. The highest BCUT2D eigenvalue weighted by Crippen LogP contribution is 2.50. The third kappa shape index (κ3) is 4.10. The number of Topliss-reactive ketones (excluding diaryl/α,β-unsaturated/α-hetero) is 1. The zero-order chi connectivity index (χ0) is 28.7. The van der Waals surface area contributed by atoms with Crippen LogP contribution in [0.2, 0.25) is 0 Å². The first-order valence-electron chi connectivity index (χ1n) is 13.1. The van der Waals surface area contributed by atoms with Crippen LogP contribution in [0.3, 0.4) is 0 Å². The molecule has 5 rings (SSSR count). The number of allylic oxidation sites excluding steroid dienone is 5. The average Bonchev–Trinajstić information content (AvgIpc) is 3.22. The first-order chi connectivity index (χ1) is 18.1. The second-order valence-electron chi connectivity index (χ2n) is 11.3. The number of carbonyl (C=O) groups excluding carboxylic acids is 1. The largest absolute Gasteiger partial charge is 0.506 e. The van der Waals surface area contributed by atoms with Crippen LogP contribution in [-0.2, 0) is 20.2 Å². The first kappa shape index (κ1) is 27.7. The number of benzene rings is 2. The minimum absolute atomic E-state index is 0.0340. The molecule has 2 aromatic rings. The van der Waals surface area contributed by atoms with Crippen molar-refractivity contribution in [3.63, 3.8) is 0 Å². The Balaban J connectivity index is 1.58. The zero-order valence-electron chi connectivity index (χ0n) is 23.1. The smallest absolute Gasteiger partial charge is 0.356 e. The molecule has 1 atom stereocenters. The fourth-order valence-corrected chi connectivity index (χ4v) is 6.95. The molecule has 3 aliphatic rings. The van der Waals surface area contributed by atoms with Gasteiger partial charge in [-0.1, -0.05) is 13.8 Å². The molecule has 2 aliphatic heterocycles. The lowest BCUT2D eigenvalue weighted by atomic mass is 9.77. The second kappa shape index (κ2) is 9.11. The van der Waals surface area contributed by atoms with E-state index in [-0.39, 0.29) is 27.8 Å². The van der Waals surface area contributed by atoms with Crippen LogP contribution in [-0.4, -0.2) is 44.1 Å². The number of anilines is 1. The molecule has 7 nitrogen and oxygen atoms in total. The van der Waals surface area contributed by atoms with E-state index in [1.807, 2.05) is 31.7 Å². The zero-order valence-corrected chi connectivity index (χ0v) is 25.2. The highest BCUT2D eigenvalue weighted by Gasteiger charge is 2.47. The lowest BCUT2D eigenvalue weighted by molar-refractivity contribution is -0.433. The quantitative estimate of drug-likeness (QED) is 0.282. The van der Waals surface area contributed by atoms with Gasteiger partial charge in [-0.3, -0.25) is 9.36 Å². The van der Waals surface area contributed by atoms with Gasteiger partial charge in [0, 0.05) is 41.1 Å². The van der Waals surface area contributed by atoms with Crippen molar-refractivity contribution in [3.05, 3.63) is 82.3 Å². The molecule has 0 aromatic heterocycles. The summed E-state index contributed by atoms with van der Waals surface area (Å²) in [5.41, 5.74) is 5.21. The van der Waals surface area contributed by atoms with E-state index in [2.05, 4.69) is 52.8 Å². The SMILES string of the molecule is CCN1C(=CC2=C(O)C(=CC3=[N+](CC)c4ccc(P)cc4C3(C)C)C2=O)C(C)(C)c2cc(P(=O)(O)O)ccc21. The summed E-state index contributed by atoms with van der Waals surface area (Å²) in [6.45, 7) is 13.6. The first-order valence-corrected chi connectivity index (χ1v) is 15.3. The monoisotopic (exact) mass is 565 g/mol. The topological polar surface area (TPSA) is 101 Å². The van der Waals surface area contributed by atoms with Crippen LogP contribution >= 0.6 is 16.8 Å². The number of carbonyl (C=O) groups is 1. The summed E-state index contributed by atoms with van der Waals surface area (Å²) in [5.74, 6) is -0.256. The molecule has 2 heterocycles. The molecule has 2 aromatic carbocycles. The Kier molecular flexibility index (Phi) is 6.48. The maximum Gasteiger partial charge on any atom is 0.356 e. The van der Waals surface area contributed by atoms with Crippen molar-refractivity contribution in [2.45, 2.75) is 52.4 Å². The van der Waals surface area contributed by atoms with Crippen molar-refractivity contribution in [2.24, 2.45) is 0 Å². The van der Waals surface area contributed by atoms with Crippen LogP contribution in [0.1, 0.15) is 52.7 Å². The van der Waals surface area contributed by atoms with E-state index < -0.39 is 13.0 Å². The van der Waals surface area contributed by atoms with E-state index in [1.165, 1.54) is 11.6 Å². The van der Waals surface area contributed by atoms with Crippen molar-refractivity contribution >= 4 is 50.3 Å². The predicted molar refractivity (Wildman–Crippen MR) is 159 cm³/mol. The lowest BCUT2D eigenvalue weighted by Crippen LogP contribution is -2.32. The van der Waals surface area contributed by atoms with Crippen LogP contribution in [0.4, 0.5) is 11.4 Å². The summed E-state index contributed by atoms with van der Waals surface area (Å²) in [6.07, 6.45) is 3.55. The Labute approximate surface area is 231 Å². The molecule has 9 heteroatoms. The number of nitrogens with zero attached hydrogens (tertiary/aromatic N) is 2. The van der Waals surface area contributed by atoms with Crippen molar-refractivity contribution in [1.29, 1.82) is 0 Å². The van der Waals surface area contributed by atoms with Crippen molar-refractivity contribution in [3.8, 4) is 0 Å². The van der Waals surface area contributed by atoms with Gasteiger partial charge in [-0.25, -0.2) is 0 Å². The summed E-state index contributed by atoms with van der Waals surface area (Å²) in [7, 11) is -1.68. The third-order valence-electron chi connectivity index (χ3n) is 8.32. The second-order valence-corrected chi connectivity index (χ2v) is 13.6. The van der Waals surface area contributed by atoms with Gasteiger partial charge in [0.2, 0.25) is 11.5 Å². The molecule has 1 unspecified atom stereocenters. The molecule has 0 amide bonds. The Hall–Kier alpha value is -2.82. The van der Waals surface area contributed by atoms with Crippen LogP contribution in [0.5, 0.6) is 0 Å². The average molecular weight is 566 g/mol. The molecule has 0 radical (unpaired) electrons. The normalized spacial score (nSPS) is 21.7. The van der Waals surface area contributed by atoms with Gasteiger partial charge in [-0.2, -0.15) is 4.58 Å². The molecule has 0 saturated carbocycles. The van der Waals surface area contributed by atoms with E-state index >= 15 is 0 Å². The number of likely N-dealkylation sites (N-methyl/N-ethyl adjacent to an activating group) is 1. The minimum atomic E-state index is -4.42. The maximum atomic E-state index is 13.5.